The third kappa shape index (κ3) is 2.92. The number of aromatic nitrogens is 1. The Morgan fingerprint density at radius 1 is 1.20 bits per heavy atom. The van der Waals surface area contributed by atoms with Crippen LogP contribution >= 0.6 is 11.3 Å². The SMILES string of the molecule is NC(=O)c1cnc(N)c2cc(-c3ccc(N4CCOCC4)cc3)sc12. The van der Waals surface area contributed by atoms with Gasteiger partial charge in [-0.1, -0.05) is 12.1 Å². The fourth-order valence-corrected chi connectivity index (χ4v) is 4.21. The lowest BCUT2D eigenvalue weighted by Crippen LogP contribution is -2.36. The van der Waals surface area contributed by atoms with Crippen LogP contribution < -0.4 is 16.4 Å². The van der Waals surface area contributed by atoms with E-state index in [9.17, 15) is 4.79 Å². The number of pyridine rings is 1. The summed E-state index contributed by atoms with van der Waals surface area (Å²) in [5, 5.41) is 0.772. The van der Waals surface area contributed by atoms with Crippen molar-refractivity contribution in [2.24, 2.45) is 5.73 Å². The van der Waals surface area contributed by atoms with Crippen LogP contribution in [0.25, 0.3) is 20.5 Å². The maximum atomic E-state index is 11.6. The highest BCUT2D eigenvalue weighted by atomic mass is 32.1. The molecule has 0 spiro atoms. The van der Waals surface area contributed by atoms with Gasteiger partial charge >= 0.3 is 0 Å². The fourth-order valence-electron chi connectivity index (χ4n) is 3.02. The highest BCUT2D eigenvalue weighted by Crippen LogP contribution is 2.37. The Kier molecular flexibility index (Phi) is 4.03. The minimum Gasteiger partial charge on any atom is -0.383 e. The molecule has 3 heterocycles. The molecule has 25 heavy (non-hydrogen) atoms. The first kappa shape index (κ1) is 15.9. The van der Waals surface area contributed by atoms with Gasteiger partial charge in [-0.15, -0.1) is 11.3 Å². The minimum absolute atomic E-state index is 0.408. The summed E-state index contributed by atoms with van der Waals surface area (Å²) in [4.78, 5) is 19.0. The summed E-state index contributed by atoms with van der Waals surface area (Å²) in [6.07, 6.45) is 1.45. The molecule has 4 rings (SSSR count). The zero-order chi connectivity index (χ0) is 17.4. The van der Waals surface area contributed by atoms with Crippen molar-refractivity contribution in [2.75, 3.05) is 36.9 Å². The Bertz CT molecular complexity index is 930. The molecule has 1 aromatic carbocycles. The number of anilines is 2. The van der Waals surface area contributed by atoms with Crippen LogP contribution in [0.2, 0.25) is 0 Å². The van der Waals surface area contributed by atoms with Crippen LogP contribution in [0.15, 0.2) is 36.5 Å². The van der Waals surface area contributed by atoms with Crippen molar-refractivity contribution in [3.8, 4) is 10.4 Å². The van der Waals surface area contributed by atoms with Gasteiger partial charge in [0, 0.05) is 35.2 Å². The largest absolute Gasteiger partial charge is 0.383 e. The maximum absolute atomic E-state index is 11.6. The van der Waals surface area contributed by atoms with Crippen LogP contribution in [0.3, 0.4) is 0 Å². The molecule has 3 aromatic rings. The first-order valence-electron chi connectivity index (χ1n) is 8.04. The molecular formula is C18H18N4O2S. The predicted octanol–water partition coefficient (Wildman–Crippen LogP) is 2.48. The number of nitrogen functional groups attached to an aromatic ring is 1. The second kappa shape index (κ2) is 6.34. The van der Waals surface area contributed by atoms with E-state index in [1.807, 2.05) is 6.07 Å². The van der Waals surface area contributed by atoms with Gasteiger partial charge < -0.3 is 21.1 Å². The number of hydrogen-bond donors (Lipinski definition) is 2. The Hall–Kier alpha value is -2.64. The summed E-state index contributed by atoms with van der Waals surface area (Å²) in [5.74, 6) is -0.0824. The number of nitrogens with zero attached hydrogens (tertiary/aromatic N) is 2. The van der Waals surface area contributed by atoms with E-state index in [0.29, 0.717) is 11.4 Å². The van der Waals surface area contributed by atoms with E-state index in [4.69, 9.17) is 16.2 Å². The molecule has 7 heteroatoms. The molecule has 0 atom stereocenters. The van der Waals surface area contributed by atoms with Crippen LogP contribution in [0, 0.1) is 0 Å². The van der Waals surface area contributed by atoms with Gasteiger partial charge in [0.2, 0.25) is 0 Å². The van der Waals surface area contributed by atoms with Gasteiger partial charge in [0.25, 0.3) is 5.91 Å². The molecule has 2 aromatic heterocycles. The third-order valence-corrected chi connectivity index (χ3v) is 5.60. The van der Waals surface area contributed by atoms with Crippen LogP contribution in [0.4, 0.5) is 11.5 Å². The van der Waals surface area contributed by atoms with E-state index in [0.717, 1.165) is 46.8 Å². The Balaban J connectivity index is 1.71. The van der Waals surface area contributed by atoms with Crippen molar-refractivity contribution in [1.82, 2.24) is 4.98 Å². The molecule has 0 saturated carbocycles. The molecule has 1 amide bonds. The highest BCUT2D eigenvalue weighted by Gasteiger charge is 2.15. The third-order valence-electron chi connectivity index (χ3n) is 4.38. The van der Waals surface area contributed by atoms with Gasteiger partial charge in [-0.05, 0) is 23.8 Å². The second-order valence-corrected chi connectivity index (χ2v) is 6.97. The number of ether oxygens (including phenoxy) is 1. The van der Waals surface area contributed by atoms with E-state index in [2.05, 4.69) is 34.1 Å². The first-order valence-corrected chi connectivity index (χ1v) is 8.86. The summed E-state index contributed by atoms with van der Waals surface area (Å²) in [6, 6.07) is 10.4. The molecule has 4 N–H and O–H groups in total. The van der Waals surface area contributed by atoms with Crippen molar-refractivity contribution in [2.45, 2.75) is 0 Å². The Morgan fingerprint density at radius 2 is 1.92 bits per heavy atom. The number of carbonyl (C=O) groups excluding carboxylic acids is 1. The fraction of sp³-hybridized carbons (Fsp3) is 0.222. The highest BCUT2D eigenvalue weighted by molar-refractivity contribution is 7.22. The molecule has 1 saturated heterocycles. The zero-order valence-corrected chi connectivity index (χ0v) is 14.4. The number of nitrogens with two attached hydrogens (primary N) is 2. The number of hydrogen-bond acceptors (Lipinski definition) is 6. The van der Waals surface area contributed by atoms with E-state index in [1.54, 1.807) is 0 Å². The van der Waals surface area contributed by atoms with Gasteiger partial charge in [0.05, 0.1) is 23.5 Å². The number of thiophene rings is 1. The van der Waals surface area contributed by atoms with E-state index >= 15 is 0 Å². The molecule has 0 unspecified atom stereocenters. The number of carbonyl (C=O) groups is 1. The Labute approximate surface area is 149 Å². The summed E-state index contributed by atoms with van der Waals surface area (Å²) in [6.45, 7) is 3.35. The summed E-state index contributed by atoms with van der Waals surface area (Å²) in [7, 11) is 0. The number of primary amides is 1. The van der Waals surface area contributed by atoms with Crippen molar-refractivity contribution in [3.63, 3.8) is 0 Å². The number of morpholine rings is 1. The summed E-state index contributed by atoms with van der Waals surface area (Å²) < 4.78 is 6.18. The molecule has 0 aliphatic carbocycles. The van der Waals surface area contributed by atoms with Gasteiger partial charge in [0.15, 0.2) is 0 Å². The topological polar surface area (TPSA) is 94.5 Å². The van der Waals surface area contributed by atoms with Gasteiger partial charge in [-0.3, -0.25) is 4.79 Å². The van der Waals surface area contributed by atoms with E-state index < -0.39 is 5.91 Å². The van der Waals surface area contributed by atoms with Gasteiger partial charge in [-0.25, -0.2) is 4.98 Å². The average molecular weight is 354 g/mol. The summed E-state index contributed by atoms with van der Waals surface area (Å²) >= 11 is 1.51. The summed E-state index contributed by atoms with van der Waals surface area (Å²) in [5.41, 5.74) is 14.1. The molecule has 128 valence electrons. The quantitative estimate of drug-likeness (QED) is 0.753. The molecule has 6 nitrogen and oxygen atoms in total. The first-order chi connectivity index (χ1) is 12.1. The molecular weight excluding hydrogens is 336 g/mol. The molecule has 1 aliphatic heterocycles. The van der Waals surface area contributed by atoms with Gasteiger partial charge in [-0.2, -0.15) is 0 Å². The van der Waals surface area contributed by atoms with Crippen LogP contribution in [0.5, 0.6) is 0 Å². The number of rotatable bonds is 3. The molecule has 1 fully saturated rings. The number of fused-ring (bicyclic) bond motifs is 1. The predicted molar refractivity (Wildman–Crippen MR) is 101 cm³/mol. The van der Waals surface area contributed by atoms with Crippen LogP contribution in [0.1, 0.15) is 10.4 Å². The van der Waals surface area contributed by atoms with E-state index in [-0.39, 0.29) is 0 Å². The van der Waals surface area contributed by atoms with Crippen molar-refractivity contribution >= 4 is 38.8 Å². The Morgan fingerprint density at radius 3 is 2.60 bits per heavy atom. The lowest BCUT2D eigenvalue weighted by Gasteiger charge is -2.28. The van der Waals surface area contributed by atoms with Crippen LogP contribution in [-0.4, -0.2) is 37.2 Å². The van der Waals surface area contributed by atoms with Crippen molar-refractivity contribution < 1.29 is 9.53 Å². The number of benzene rings is 1. The standard InChI is InChI=1S/C18H18N4O2S/c19-17-13-9-15(25-16(13)14(10-21-17)18(20)23)11-1-3-12(4-2-11)22-5-7-24-8-6-22/h1-4,9-10H,5-8H2,(H2,19,21)(H2,20,23). The van der Waals surface area contributed by atoms with Gasteiger partial charge in [0.1, 0.15) is 5.82 Å². The monoisotopic (exact) mass is 354 g/mol. The van der Waals surface area contributed by atoms with Crippen molar-refractivity contribution in [3.05, 3.63) is 42.1 Å². The average Bonchev–Trinajstić information content (AvgIpc) is 3.09. The molecule has 1 aliphatic rings. The normalized spacial score (nSPS) is 14.8. The second-order valence-electron chi connectivity index (χ2n) is 5.92. The lowest BCUT2D eigenvalue weighted by atomic mass is 10.1. The number of amides is 1. The minimum atomic E-state index is -0.492. The van der Waals surface area contributed by atoms with E-state index in [1.165, 1.54) is 23.2 Å². The molecule has 0 radical (unpaired) electrons. The smallest absolute Gasteiger partial charge is 0.251 e. The zero-order valence-electron chi connectivity index (χ0n) is 13.6. The van der Waals surface area contributed by atoms with Crippen LogP contribution in [-0.2, 0) is 4.74 Å². The maximum Gasteiger partial charge on any atom is 0.251 e. The molecule has 0 bridgehead atoms. The lowest BCUT2D eigenvalue weighted by molar-refractivity contribution is 0.100. The van der Waals surface area contributed by atoms with Crippen molar-refractivity contribution in [1.29, 1.82) is 0 Å².